The Hall–Kier alpha value is -1.84. The van der Waals surface area contributed by atoms with Crippen LogP contribution in [0.5, 0.6) is 0 Å². The number of pyridine rings is 1. The molecule has 1 saturated carbocycles. The molecule has 0 radical (unpaired) electrons. The number of anilines is 1. The maximum Gasteiger partial charge on any atom is 0.137 e. The molecule has 0 aliphatic heterocycles. The maximum absolute atomic E-state index is 4.44. The number of nitrogens with one attached hydrogen (secondary N) is 1. The number of nitrogens with zero attached hydrogens (tertiary/aromatic N) is 3. The van der Waals surface area contributed by atoms with E-state index in [4.69, 9.17) is 0 Å². The van der Waals surface area contributed by atoms with Crippen molar-refractivity contribution in [3.63, 3.8) is 0 Å². The van der Waals surface area contributed by atoms with Crippen LogP contribution in [0.25, 0.3) is 5.82 Å². The van der Waals surface area contributed by atoms with E-state index in [-0.39, 0.29) is 0 Å². The molecule has 1 N–H and O–H groups in total. The number of imidazole rings is 1. The molecule has 0 saturated heterocycles. The molecule has 18 heavy (non-hydrogen) atoms. The Kier molecular flexibility index (Phi) is 2.58. The minimum absolute atomic E-state index is 0.475. The van der Waals surface area contributed by atoms with E-state index < -0.39 is 0 Å². The lowest BCUT2D eigenvalue weighted by Gasteiger charge is -2.21. The predicted molar refractivity (Wildman–Crippen MR) is 71.8 cm³/mol. The van der Waals surface area contributed by atoms with Crippen molar-refractivity contribution in [2.75, 3.05) is 5.32 Å². The third-order valence-electron chi connectivity index (χ3n) is 3.98. The fourth-order valence-electron chi connectivity index (χ4n) is 2.07. The third-order valence-corrected chi connectivity index (χ3v) is 3.98. The average Bonchev–Trinajstić information content (AvgIpc) is 2.94. The summed E-state index contributed by atoms with van der Waals surface area (Å²) in [5.41, 5.74) is 1.56. The van der Waals surface area contributed by atoms with Gasteiger partial charge in [-0.3, -0.25) is 4.57 Å². The number of hydrogen-bond donors (Lipinski definition) is 1. The van der Waals surface area contributed by atoms with E-state index in [1.165, 1.54) is 12.8 Å². The van der Waals surface area contributed by atoms with Crippen LogP contribution in [0.1, 0.15) is 26.7 Å². The lowest BCUT2D eigenvalue weighted by Crippen LogP contribution is -2.24. The van der Waals surface area contributed by atoms with E-state index in [9.17, 15) is 0 Å². The van der Waals surface area contributed by atoms with Crippen molar-refractivity contribution in [1.29, 1.82) is 0 Å². The zero-order chi connectivity index (χ0) is 12.6. The summed E-state index contributed by atoms with van der Waals surface area (Å²) in [6.45, 7) is 4.58. The molecule has 94 valence electrons. The van der Waals surface area contributed by atoms with E-state index in [2.05, 4.69) is 35.2 Å². The molecule has 4 heteroatoms. The molecule has 0 amide bonds. The second-order valence-corrected chi connectivity index (χ2v) is 5.40. The summed E-state index contributed by atoms with van der Waals surface area (Å²) < 4.78 is 1.90. The molecule has 0 spiro atoms. The molecule has 3 rings (SSSR count). The van der Waals surface area contributed by atoms with Gasteiger partial charge in [-0.25, -0.2) is 9.97 Å². The monoisotopic (exact) mass is 242 g/mol. The Morgan fingerprint density at radius 2 is 2.22 bits per heavy atom. The molecule has 1 atom stereocenters. The SMILES string of the molecule is CC(Nc1ccc(-n2ccnc2)nc1)C1(C)CC1. The van der Waals surface area contributed by atoms with Gasteiger partial charge in [0.15, 0.2) is 0 Å². The van der Waals surface area contributed by atoms with Gasteiger partial charge in [-0.1, -0.05) is 6.92 Å². The molecule has 1 aliphatic carbocycles. The molecular formula is C14H18N4. The fraction of sp³-hybridized carbons (Fsp3) is 0.429. The zero-order valence-electron chi connectivity index (χ0n) is 10.8. The largest absolute Gasteiger partial charge is 0.381 e. The lowest BCUT2D eigenvalue weighted by atomic mass is 10.0. The molecule has 2 aromatic heterocycles. The van der Waals surface area contributed by atoms with Crippen LogP contribution < -0.4 is 5.32 Å². The van der Waals surface area contributed by atoms with Crippen LogP contribution in [0.15, 0.2) is 37.1 Å². The van der Waals surface area contributed by atoms with Gasteiger partial charge in [0.05, 0.1) is 11.9 Å². The summed E-state index contributed by atoms with van der Waals surface area (Å²) in [4.78, 5) is 8.45. The molecule has 2 aromatic rings. The van der Waals surface area contributed by atoms with Crippen molar-refractivity contribution >= 4 is 5.69 Å². The first-order valence-corrected chi connectivity index (χ1v) is 6.38. The Balaban J connectivity index is 1.71. The van der Waals surface area contributed by atoms with Crippen LogP contribution in [-0.2, 0) is 0 Å². The van der Waals surface area contributed by atoms with Crippen LogP contribution >= 0.6 is 0 Å². The molecule has 0 bridgehead atoms. The molecule has 1 aliphatic rings. The van der Waals surface area contributed by atoms with Gasteiger partial charge in [-0.2, -0.15) is 0 Å². The molecular weight excluding hydrogens is 224 g/mol. The third kappa shape index (κ3) is 2.10. The molecule has 1 unspecified atom stereocenters. The van der Waals surface area contributed by atoms with Crippen LogP contribution in [0, 0.1) is 5.41 Å². The van der Waals surface area contributed by atoms with Crippen molar-refractivity contribution in [3.05, 3.63) is 37.1 Å². The predicted octanol–water partition coefficient (Wildman–Crippen LogP) is 2.87. The Labute approximate surface area is 107 Å². The summed E-state index contributed by atoms with van der Waals surface area (Å²) in [5.74, 6) is 0.892. The van der Waals surface area contributed by atoms with Crippen LogP contribution in [0.2, 0.25) is 0 Å². The van der Waals surface area contributed by atoms with Gasteiger partial charge >= 0.3 is 0 Å². The molecule has 1 fully saturated rings. The smallest absolute Gasteiger partial charge is 0.137 e. The standard InChI is InChI=1S/C14H18N4/c1-11(14(2)5-6-14)17-12-3-4-13(16-9-12)18-8-7-15-10-18/h3-4,7-11,17H,5-6H2,1-2H3. The minimum Gasteiger partial charge on any atom is -0.381 e. The quantitative estimate of drug-likeness (QED) is 0.896. The first kappa shape index (κ1) is 11.3. The Morgan fingerprint density at radius 3 is 2.78 bits per heavy atom. The van der Waals surface area contributed by atoms with Crippen molar-refractivity contribution in [3.8, 4) is 5.82 Å². The van der Waals surface area contributed by atoms with Gasteiger partial charge in [0.25, 0.3) is 0 Å². The Morgan fingerprint density at radius 1 is 1.39 bits per heavy atom. The number of aromatic nitrogens is 3. The average molecular weight is 242 g/mol. The summed E-state index contributed by atoms with van der Waals surface area (Å²) in [7, 11) is 0. The first-order chi connectivity index (χ1) is 8.67. The normalized spacial score (nSPS) is 18.3. The van der Waals surface area contributed by atoms with E-state index in [1.54, 1.807) is 12.5 Å². The zero-order valence-corrected chi connectivity index (χ0v) is 10.8. The Bertz CT molecular complexity index is 511. The summed E-state index contributed by atoms with van der Waals surface area (Å²) >= 11 is 0. The molecule has 4 nitrogen and oxygen atoms in total. The highest BCUT2D eigenvalue weighted by atomic mass is 15.1. The van der Waals surface area contributed by atoms with E-state index >= 15 is 0 Å². The summed E-state index contributed by atoms with van der Waals surface area (Å²) in [5, 5.41) is 3.53. The first-order valence-electron chi connectivity index (χ1n) is 6.38. The highest BCUT2D eigenvalue weighted by Gasteiger charge is 2.42. The second-order valence-electron chi connectivity index (χ2n) is 5.40. The topological polar surface area (TPSA) is 42.7 Å². The van der Waals surface area contributed by atoms with Crippen molar-refractivity contribution in [2.45, 2.75) is 32.7 Å². The van der Waals surface area contributed by atoms with Gasteiger partial charge in [-0.15, -0.1) is 0 Å². The van der Waals surface area contributed by atoms with E-state index in [0.29, 0.717) is 11.5 Å². The van der Waals surface area contributed by atoms with Gasteiger partial charge in [-0.05, 0) is 37.3 Å². The van der Waals surface area contributed by atoms with Crippen LogP contribution in [-0.4, -0.2) is 20.6 Å². The second kappa shape index (κ2) is 4.12. The number of rotatable bonds is 4. The van der Waals surface area contributed by atoms with E-state index in [0.717, 1.165) is 11.5 Å². The van der Waals surface area contributed by atoms with Crippen molar-refractivity contribution in [1.82, 2.24) is 14.5 Å². The van der Waals surface area contributed by atoms with E-state index in [1.807, 2.05) is 23.0 Å². The van der Waals surface area contributed by atoms with Gasteiger partial charge in [0.2, 0.25) is 0 Å². The summed E-state index contributed by atoms with van der Waals surface area (Å²) in [6, 6.07) is 4.58. The van der Waals surface area contributed by atoms with Crippen molar-refractivity contribution < 1.29 is 0 Å². The number of hydrogen-bond acceptors (Lipinski definition) is 3. The maximum atomic E-state index is 4.44. The van der Waals surface area contributed by atoms with Crippen LogP contribution in [0.4, 0.5) is 5.69 Å². The van der Waals surface area contributed by atoms with Gasteiger partial charge in [0.1, 0.15) is 12.1 Å². The highest BCUT2D eigenvalue weighted by molar-refractivity contribution is 5.45. The minimum atomic E-state index is 0.475. The van der Waals surface area contributed by atoms with Gasteiger partial charge in [0, 0.05) is 18.4 Å². The highest BCUT2D eigenvalue weighted by Crippen LogP contribution is 2.48. The lowest BCUT2D eigenvalue weighted by molar-refractivity contribution is 0.493. The van der Waals surface area contributed by atoms with Crippen LogP contribution in [0.3, 0.4) is 0 Å². The fourth-order valence-corrected chi connectivity index (χ4v) is 2.07. The molecule has 2 heterocycles. The van der Waals surface area contributed by atoms with Gasteiger partial charge < -0.3 is 5.32 Å². The molecule has 0 aromatic carbocycles. The van der Waals surface area contributed by atoms with Crippen molar-refractivity contribution in [2.24, 2.45) is 5.41 Å². The summed E-state index contributed by atoms with van der Waals surface area (Å²) in [6.07, 6.45) is 9.93.